The molecule has 0 atom stereocenters. The molecule has 0 aliphatic rings. The number of carbonyl (C=O) groups is 1. The average Bonchev–Trinajstić information content (AvgIpc) is 3.23. The molecule has 0 bridgehead atoms. The van der Waals surface area contributed by atoms with Crippen molar-refractivity contribution in [3.63, 3.8) is 0 Å². The fraction of sp³-hybridized carbons (Fsp3) is 0.125. The number of thioether (sulfide) groups is 1. The van der Waals surface area contributed by atoms with Gasteiger partial charge in [0.05, 0.1) is 5.75 Å². The number of nitrogens with zero attached hydrogens (tertiary/aromatic N) is 3. The summed E-state index contributed by atoms with van der Waals surface area (Å²) in [5, 5.41) is 11.8. The molecule has 1 heterocycles. The quantitative estimate of drug-likeness (QED) is 0.406. The van der Waals surface area contributed by atoms with Gasteiger partial charge in [0, 0.05) is 17.8 Å². The van der Waals surface area contributed by atoms with Crippen LogP contribution in [0.15, 0.2) is 78.0 Å². The third-order valence-electron chi connectivity index (χ3n) is 4.81. The van der Waals surface area contributed by atoms with Crippen LogP contribution < -0.4 is 5.32 Å². The highest BCUT2D eigenvalue weighted by molar-refractivity contribution is 7.99. The molecule has 8 heteroatoms. The van der Waals surface area contributed by atoms with E-state index in [0.29, 0.717) is 27.8 Å². The average molecular weight is 451 g/mol. The van der Waals surface area contributed by atoms with Crippen molar-refractivity contribution in [3.8, 4) is 17.1 Å². The number of rotatable bonds is 7. The number of nitrogens with one attached hydrogen (secondary N) is 1. The van der Waals surface area contributed by atoms with E-state index in [1.165, 1.54) is 30.0 Å². The van der Waals surface area contributed by atoms with Crippen LogP contribution in [0.5, 0.6) is 0 Å². The number of aryl methyl sites for hydroxylation is 1. The van der Waals surface area contributed by atoms with Gasteiger partial charge in [0.15, 0.2) is 11.0 Å². The molecule has 0 aliphatic heterocycles. The van der Waals surface area contributed by atoms with Crippen molar-refractivity contribution >= 4 is 17.7 Å². The maximum atomic E-state index is 13.7. The van der Waals surface area contributed by atoms with E-state index in [4.69, 9.17) is 0 Å². The largest absolute Gasteiger partial charge is 0.351 e. The lowest BCUT2D eigenvalue weighted by Crippen LogP contribution is -2.24. The van der Waals surface area contributed by atoms with Gasteiger partial charge in [-0.05, 0) is 48.4 Å². The Labute approximate surface area is 188 Å². The third kappa shape index (κ3) is 5.03. The first-order chi connectivity index (χ1) is 15.5. The Morgan fingerprint density at radius 3 is 2.47 bits per heavy atom. The summed E-state index contributed by atoms with van der Waals surface area (Å²) in [6.45, 7) is 1.92. The molecule has 1 aromatic heterocycles. The fourth-order valence-corrected chi connectivity index (χ4v) is 3.87. The zero-order chi connectivity index (χ0) is 22.5. The van der Waals surface area contributed by atoms with E-state index in [1.807, 2.05) is 30.3 Å². The third-order valence-corrected chi connectivity index (χ3v) is 5.74. The lowest BCUT2D eigenvalue weighted by molar-refractivity contribution is -0.118. The van der Waals surface area contributed by atoms with E-state index < -0.39 is 0 Å². The summed E-state index contributed by atoms with van der Waals surface area (Å²) >= 11 is 1.22. The summed E-state index contributed by atoms with van der Waals surface area (Å²) in [5.41, 5.74) is 2.78. The van der Waals surface area contributed by atoms with E-state index in [-0.39, 0.29) is 29.8 Å². The second kappa shape index (κ2) is 9.74. The van der Waals surface area contributed by atoms with Gasteiger partial charge in [-0.3, -0.25) is 9.36 Å². The first-order valence-corrected chi connectivity index (χ1v) is 10.9. The van der Waals surface area contributed by atoms with Crippen LogP contribution in [0.1, 0.15) is 11.1 Å². The maximum absolute atomic E-state index is 13.7. The highest BCUT2D eigenvalue weighted by Gasteiger charge is 2.17. The van der Waals surface area contributed by atoms with E-state index in [1.54, 1.807) is 35.8 Å². The maximum Gasteiger partial charge on any atom is 0.230 e. The number of halogens is 2. The number of hydrogen-bond acceptors (Lipinski definition) is 4. The second-order valence-electron chi connectivity index (χ2n) is 7.13. The molecule has 1 N–H and O–H groups in total. The lowest BCUT2D eigenvalue weighted by Gasteiger charge is -2.11. The predicted octanol–water partition coefficient (Wildman–Crippen LogP) is 4.93. The van der Waals surface area contributed by atoms with Gasteiger partial charge in [0.25, 0.3) is 0 Å². The standard InChI is InChI=1S/C24H20F2N4OS/c1-16-7-8-17(13-21(16)26)14-27-22(31)15-32-24-29-28-23(18-5-3-2-4-6-18)30(24)20-11-9-19(25)10-12-20/h2-13H,14-15H2,1H3,(H,27,31). The molecule has 32 heavy (non-hydrogen) atoms. The molecular formula is C24H20F2N4OS. The predicted molar refractivity (Wildman–Crippen MR) is 120 cm³/mol. The lowest BCUT2D eigenvalue weighted by atomic mass is 10.1. The molecule has 5 nitrogen and oxygen atoms in total. The van der Waals surface area contributed by atoms with Crippen molar-refractivity contribution in [1.29, 1.82) is 0 Å². The number of hydrogen-bond donors (Lipinski definition) is 1. The van der Waals surface area contributed by atoms with Crippen LogP contribution >= 0.6 is 11.8 Å². The van der Waals surface area contributed by atoms with Gasteiger partial charge in [-0.15, -0.1) is 10.2 Å². The zero-order valence-electron chi connectivity index (χ0n) is 17.3. The fourth-order valence-electron chi connectivity index (χ4n) is 3.09. The minimum absolute atomic E-state index is 0.0997. The molecule has 0 fully saturated rings. The molecular weight excluding hydrogens is 430 g/mol. The first-order valence-electron chi connectivity index (χ1n) is 9.92. The second-order valence-corrected chi connectivity index (χ2v) is 8.08. The highest BCUT2D eigenvalue weighted by Crippen LogP contribution is 2.28. The number of carbonyl (C=O) groups excluding carboxylic acids is 1. The van der Waals surface area contributed by atoms with Crippen LogP contribution in [0.2, 0.25) is 0 Å². The van der Waals surface area contributed by atoms with Crippen LogP contribution in [0, 0.1) is 18.6 Å². The Bertz CT molecular complexity index is 1230. The van der Waals surface area contributed by atoms with Crippen molar-refractivity contribution in [2.75, 3.05) is 5.75 Å². The summed E-state index contributed by atoms with van der Waals surface area (Å²) < 4.78 is 28.9. The smallest absolute Gasteiger partial charge is 0.230 e. The van der Waals surface area contributed by atoms with Gasteiger partial charge in [0.2, 0.25) is 5.91 Å². The first kappa shape index (κ1) is 21.7. The summed E-state index contributed by atoms with van der Waals surface area (Å²) in [6.07, 6.45) is 0. The van der Waals surface area contributed by atoms with E-state index in [2.05, 4.69) is 15.5 Å². The highest BCUT2D eigenvalue weighted by atomic mass is 32.2. The summed E-state index contributed by atoms with van der Waals surface area (Å²) in [6, 6.07) is 20.4. The van der Waals surface area contributed by atoms with E-state index in [0.717, 1.165) is 5.56 Å². The molecule has 0 unspecified atom stereocenters. The molecule has 0 spiro atoms. The van der Waals surface area contributed by atoms with Gasteiger partial charge >= 0.3 is 0 Å². The van der Waals surface area contributed by atoms with Crippen molar-refractivity contribution in [3.05, 3.63) is 95.6 Å². The van der Waals surface area contributed by atoms with Gasteiger partial charge in [0.1, 0.15) is 11.6 Å². The van der Waals surface area contributed by atoms with E-state index in [9.17, 15) is 13.6 Å². The summed E-state index contributed by atoms with van der Waals surface area (Å²) in [5.74, 6) is -0.167. The molecule has 0 aliphatic carbocycles. The van der Waals surface area contributed by atoms with Gasteiger partial charge in [-0.25, -0.2) is 8.78 Å². The van der Waals surface area contributed by atoms with Crippen LogP contribution in [-0.2, 0) is 11.3 Å². The Balaban J connectivity index is 1.50. The molecule has 3 aromatic carbocycles. The molecule has 0 radical (unpaired) electrons. The molecule has 4 aromatic rings. The van der Waals surface area contributed by atoms with Crippen molar-refractivity contribution in [2.45, 2.75) is 18.6 Å². The summed E-state index contributed by atoms with van der Waals surface area (Å²) in [4.78, 5) is 12.4. The topological polar surface area (TPSA) is 59.8 Å². The summed E-state index contributed by atoms with van der Waals surface area (Å²) in [7, 11) is 0. The van der Waals surface area contributed by atoms with Crippen molar-refractivity contribution < 1.29 is 13.6 Å². The van der Waals surface area contributed by atoms with Gasteiger partial charge in [-0.2, -0.15) is 0 Å². The minimum Gasteiger partial charge on any atom is -0.351 e. The number of benzene rings is 3. The number of aromatic nitrogens is 3. The normalized spacial score (nSPS) is 10.8. The van der Waals surface area contributed by atoms with Gasteiger partial charge < -0.3 is 5.32 Å². The monoisotopic (exact) mass is 450 g/mol. The Morgan fingerprint density at radius 1 is 1.00 bits per heavy atom. The zero-order valence-corrected chi connectivity index (χ0v) is 18.1. The van der Waals surface area contributed by atoms with Crippen LogP contribution in [0.3, 0.4) is 0 Å². The van der Waals surface area contributed by atoms with Crippen LogP contribution in [0.25, 0.3) is 17.1 Å². The molecule has 0 saturated carbocycles. The molecule has 0 saturated heterocycles. The SMILES string of the molecule is Cc1ccc(CNC(=O)CSc2nnc(-c3ccccc3)n2-c2ccc(F)cc2)cc1F. The molecule has 1 amide bonds. The molecule has 162 valence electrons. The van der Waals surface area contributed by atoms with Crippen molar-refractivity contribution in [2.24, 2.45) is 0 Å². The Hall–Kier alpha value is -3.52. The van der Waals surface area contributed by atoms with Crippen LogP contribution in [-0.4, -0.2) is 26.4 Å². The van der Waals surface area contributed by atoms with E-state index >= 15 is 0 Å². The number of amides is 1. The minimum atomic E-state index is -0.343. The molecule has 4 rings (SSSR count). The van der Waals surface area contributed by atoms with Crippen molar-refractivity contribution in [1.82, 2.24) is 20.1 Å². The van der Waals surface area contributed by atoms with Crippen LogP contribution in [0.4, 0.5) is 8.78 Å². The van der Waals surface area contributed by atoms with Gasteiger partial charge in [-0.1, -0.05) is 54.2 Å². The Kier molecular flexibility index (Phi) is 6.61. The Morgan fingerprint density at radius 2 is 1.75 bits per heavy atom.